The maximum Gasteiger partial charge on any atom is 0.134 e. The van der Waals surface area contributed by atoms with Crippen molar-refractivity contribution in [3.63, 3.8) is 0 Å². The van der Waals surface area contributed by atoms with Crippen molar-refractivity contribution in [3.05, 3.63) is 0 Å². The van der Waals surface area contributed by atoms with E-state index in [0.717, 1.165) is 26.0 Å². The van der Waals surface area contributed by atoms with E-state index in [2.05, 4.69) is 4.90 Å². The fourth-order valence-corrected chi connectivity index (χ4v) is 4.53. The molecule has 3 heteroatoms. The molecule has 2 aliphatic heterocycles. The minimum Gasteiger partial charge on any atom is -0.375 e. The second kappa shape index (κ2) is 6.15. The van der Waals surface area contributed by atoms with E-state index >= 15 is 0 Å². The fraction of sp³-hybridized carbons (Fsp3) is 0.941. The molecule has 20 heavy (non-hydrogen) atoms. The lowest BCUT2D eigenvalue weighted by atomic mass is 9.77. The topological polar surface area (TPSA) is 29.5 Å². The SMILES string of the molecule is CC(=O)C1CCCN(C2CCOC3(CCCCC3)C2)C1. The number of carbonyl (C=O) groups excluding carboxylic acids is 1. The zero-order valence-electron chi connectivity index (χ0n) is 12.9. The molecule has 114 valence electrons. The van der Waals surface area contributed by atoms with Gasteiger partial charge in [0, 0.05) is 25.1 Å². The Morgan fingerprint density at radius 2 is 1.95 bits per heavy atom. The van der Waals surface area contributed by atoms with Gasteiger partial charge in [0.1, 0.15) is 5.78 Å². The van der Waals surface area contributed by atoms with Crippen molar-refractivity contribution in [1.82, 2.24) is 4.90 Å². The number of hydrogen-bond acceptors (Lipinski definition) is 3. The lowest BCUT2D eigenvalue weighted by Crippen LogP contribution is -2.52. The molecule has 1 saturated carbocycles. The Kier molecular flexibility index (Phi) is 4.46. The summed E-state index contributed by atoms with van der Waals surface area (Å²) in [5.74, 6) is 0.669. The largest absolute Gasteiger partial charge is 0.375 e. The number of rotatable bonds is 2. The van der Waals surface area contributed by atoms with Crippen molar-refractivity contribution in [1.29, 1.82) is 0 Å². The van der Waals surface area contributed by atoms with Crippen LogP contribution in [0.2, 0.25) is 0 Å². The molecule has 3 fully saturated rings. The summed E-state index contributed by atoms with van der Waals surface area (Å²) in [7, 11) is 0. The Hall–Kier alpha value is -0.410. The first-order valence-corrected chi connectivity index (χ1v) is 8.57. The molecule has 1 spiro atoms. The molecule has 0 radical (unpaired) electrons. The average Bonchev–Trinajstić information content (AvgIpc) is 2.48. The molecule has 0 aromatic carbocycles. The molecular weight excluding hydrogens is 250 g/mol. The molecule has 0 bridgehead atoms. The van der Waals surface area contributed by atoms with Gasteiger partial charge in [0.05, 0.1) is 5.60 Å². The van der Waals surface area contributed by atoms with Crippen molar-refractivity contribution >= 4 is 5.78 Å². The second-order valence-electron chi connectivity index (χ2n) is 7.18. The minimum absolute atomic E-state index is 0.185. The quantitative estimate of drug-likeness (QED) is 0.777. The van der Waals surface area contributed by atoms with Gasteiger partial charge >= 0.3 is 0 Å². The number of piperidine rings is 1. The highest BCUT2D eigenvalue weighted by molar-refractivity contribution is 5.78. The molecule has 0 aromatic heterocycles. The third kappa shape index (κ3) is 3.09. The Bertz CT molecular complexity index is 343. The summed E-state index contributed by atoms with van der Waals surface area (Å²) in [6, 6.07) is 0.656. The first-order valence-electron chi connectivity index (χ1n) is 8.57. The van der Waals surface area contributed by atoms with Crippen molar-refractivity contribution in [2.75, 3.05) is 19.7 Å². The Morgan fingerprint density at radius 1 is 1.15 bits per heavy atom. The zero-order valence-corrected chi connectivity index (χ0v) is 12.9. The van der Waals surface area contributed by atoms with Gasteiger partial charge in [-0.3, -0.25) is 9.69 Å². The number of carbonyl (C=O) groups is 1. The summed E-state index contributed by atoms with van der Waals surface area (Å²) in [6.45, 7) is 4.87. The van der Waals surface area contributed by atoms with Crippen LogP contribution in [0.25, 0.3) is 0 Å². The van der Waals surface area contributed by atoms with Crippen LogP contribution in [0.15, 0.2) is 0 Å². The standard InChI is InChI=1S/C17H29NO2/c1-14(19)15-6-5-10-18(13-15)16-7-11-20-17(12-16)8-3-2-4-9-17/h15-16H,2-13H2,1H3. The Morgan fingerprint density at radius 3 is 2.70 bits per heavy atom. The van der Waals surface area contributed by atoms with Gasteiger partial charge in [-0.2, -0.15) is 0 Å². The second-order valence-corrected chi connectivity index (χ2v) is 7.18. The van der Waals surface area contributed by atoms with Gasteiger partial charge < -0.3 is 4.74 Å². The van der Waals surface area contributed by atoms with Crippen LogP contribution in [0.4, 0.5) is 0 Å². The van der Waals surface area contributed by atoms with E-state index < -0.39 is 0 Å². The molecule has 3 nitrogen and oxygen atoms in total. The van der Waals surface area contributed by atoms with Crippen molar-refractivity contribution in [3.8, 4) is 0 Å². The Balaban J connectivity index is 1.62. The van der Waals surface area contributed by atoms with E-state index in [4.69, 9.17) is 4.74 Å². The molecule has 0 aromatic rings. The predicted octanol–water partition coefficient (Wildman–Crippen LogP) is 3.17. The molecule has 1 aliphatic carbocycles. The molecular formula is C17H29NO2. The summed E-state index contributed by atoms with van der Waals surface area (Å²) in [5.41, 5.74) is 0.185. The number of ketones is 1. The highest BCUT2D eigenvalue weighted by Gasteiger charge is 2.41. The first-order chi connectivity index (χ1) is 9.69. The normalized spacial score (nSPS) is 35.0. The zero-order chi connectivity index (χ0) is 14.0. The maximum absolute atomic E-state index is 11.7. The monoisotopic (exact) mass is 279 g/mol. The van der Waals surface area contributed by atoms with Crippen molar-refractivity contribution < 1.29 is 9.53 Å². The summed E-state index contributed by atoms with van der Waals surface area (Å²) in [4.78, 5) is 14.3. The number of hydrogen-bond donors (Lipinski definition) is 0. The summed E-state index contributed by atoms with van der Waals surface area (Å²) >= 11 is 0. The van der Waals surface area contributed by atoms with Crippen LogP contribution in [0.5, 0.6) is 0 Å². The van der Waals surface area contributed by atoms with Crippen LogP contribution >= 0.6 is 0 Å². The lowest BCUT2D eigenvalue weighted by molar-refractivity contribution is -0.132. The van der Waals surface area contributed by atoms with E-state index in [-0.39, 0.29) is 11.5 Å². The minimum atomic E-state index is 0.185. The molecule has 3 rings (SSSR count). The number of nitrogens with zero attached hydrogens (tertiary/aromatic N) is 1. The van der Waals surface area contributed by atoms with Gasteiger partial charge in [0.25, 0.3) is 0 Å². The van der Waals surface area contributed by atoms with Gasteiger partial charge in [-0.1, -0.05) is 19.3 Å². The summed E-state index contributed by atoms with van der Waals surface area (Å²) in [5, 5.41) is 0. The van der Waals surface area contributed by atoms with Crippen LogP contribution in [0, 0.1) is 5.92 Å². The van der Waals surface area contributed by atoms with Gasteiger partial charge in [-0.25, -0.2) is 0 Å². The van der Waals surface area contributed by atoms with Crippen LogP contribution in [0.3, 0.4) is 0 Å². The maximum atomic E-state index is 11.7. The molecule has 2 saturated heterocycles. The lowest BCUT2D eigenvalue weighted by Gasteiger charge is -2.48. The van der Waals surface area contributed by atoms with Crippen LogP contribution in [-0.4, -0.2) is 42.0 Å². The van der Waals surface area contributed by atoms with Crippen molar-refractivity contribution in [2.45, 2.75) is 76.4 Å². The van der Waals surface area contributed by atoms with Gasteiger partial charge in [-0.05, 0) is 52.0 Å². The van der Waals surface area contributed by atoms with Crippen molar-refractivity contribution in [2.24, 2.45) is 5.92 Å². The third-order valence-corrected chi connectivity index (χ3v) is 5.78. The first kappa shape index (κ1) is 14.5. The molecule has 2 atom stereocenters. The van der Waals surface area contributed by atoms with Crippen LogP contribution < -0.4 is 0 Å². The smallest absolute Gasteiger partial charge is 0.134 e. The fourth-order valence-electron chi connectivity index (χ4n) is 4.53. The predicted molar refractivity (Wildman–Crippen MR) is 79.8 cm³/mol. The highest BCUT2D eigenvalue weighted by atomic mass is 16.5. The molecule has 0 N–H and O–H groups in total. The van der Waals surface area contributed by atoms with Crippen LogP contribution in [-0.2, 0) is 9.53 Å². The van der Waals surface area contributed by atoms with E-state index in [1.54, 1.807) is 6.92 Å². The summed E-state index contributed by atoms with van der Waals surface area (Å²) < 4.78 is 6.21. The van der Waals surface area contributed by atoms with E-state index in [1.165, 1.54) is 51.5 Å². The molecule has 3 aliphatic rings. The average molecular weight is 279 g/mol. The van der Waals surface area contributed by atoms with Gasteiger partial charge in [0.15, 0.2) is 0 Å². The summed E-state index contributed by atoms with van der Waals surface area (Å²) in [6.07, 6.45) is 11.2. The molecule has 2 unspecified atom stereocenters. The van der Waals surface area contributed by atoms with E-state index in [0.29, 0.717) is 11.8 Å². The van der Waals surface area contributed by atoms with Gasteiger partial charge in [0.2, 0.25) is 0 Å². The molecule has 2 heterocycles. The number of likely N-dealkylation sites (tertiary alicyclic amines) is 1. The highest BCUT2D eigenvalue weighted by Crippen LogP contribution is 2.40. The Labute approximate surface area is 123 Å². The number of ether oxygens (including phenoxy) is 1. The molecule has 0 amide bonds. The third-order valence-electron chi connectivity index (χ3n) is 5.78. The van der Waals surface area contributed by atoms with Crippen LogP contribution in [0.1, 0.15) is 64.7 Å². The van der Waals surface area contributed by atoms with Gasteiger partial charge in [-0.15, -0.1) is 0 Å². The number of Topliss-reactive ketones (excluding diaryl/α,β-unsaturated/α-hetero) is 1. The van der Waals surface area contributed by atoms with E-state index in [9.17, 15) is 4.79 Å². The van der Waals surface area contributed by atoms with E-state index in [1.807, 2.05) is 0 Å².